The fourth-order valence-corrected chi connectivity index (χ4v) is 0.240. The van der Waals surface area contributed by atoms with E-state index in [4.69, 9.17) is 11.1 Å². The van der Waals surface area contributed by atoms with Crippen LogP contribution in [0.25, 0.3) is 0 Å². The minimum Gasteiger partial charge on any atom is -0.468 e. The van der Waals surface area contributed by atoms with Crippen molar-refractivity contribution in [2.75, 3.05) is 13.7 Å². The predicted octanol–water partition coefficient (Wildman–Crippen LogP) is -0.936. The van der Waals surface area contributed by atoms with E-state index in [2.05, 4.69) is 10.1 Å². The van der Waals surface area contributed by atoms with Gasteiger partial charge < -0.3 is 15.8 Å². The van der Waals surface area contributed by atoms with Crippen molar-refractivity contribution in [3.63, 3.8) is 0 Å². The maximum atomic E-state index is 10.3. The summed E-state index contributed by atoms with van der Waals surface area (Å²) in [5, 5.41) is 8.90. The van der Waals surface area contributed by atoms with E-state index in [0.717, 1.165) is 0 Å². The average molecular weight is 168 g/mol. The molecular weight excluding hydrogens is 158 g/mol. The number of carbonyl (C=O) groups is 1. The minimum absolute atomic E-state index is 0. The molecule has 0 atom stereocenters. The predicted molar refractivity (Wildman–Crippen MR) is 39.2 cm³/mol. The highest BCUT2D eigenvalue weighted by atomic mass is 35.5. The van der Waals surface area contributed by atoms with Crippen LogP contribution >= 0.6 is 12.4 Å². The largest absolute Gasteiger partial charge is 0.468 e. The molecule has 0 aromatic rings. The summed E-state index contributed by atoms with van der Waals surface area (Å²) in [5.41, 5.74) is 4.86. The molecule has 0 bridgehead atoms. The molecule has 0 spiro atoms. The zero-order chi connectivity index (χ0) is 7.28. The van der Waals surface area contributed by atoms with Gasteiger partial charge in [0.15, 0.2) is 5.96 Å². The topological polar surface area (TPSA) is 88.2 Å². The van der Waals surface area contributed by atoms with Crippen LogP contribution in [0.3, 0.4) is 0 Å². The van der Waals surface area contributed by atoms with Crippen molar-refractivity contribution < 1.29 is 9.53 Å². The van der Waals surface area contributed by atoms with E-state index in [1.165, 1.54) is 7.11 Å². The second-order valence-electron chi connectivity index (χ2n) is 1.34. The quantitative estimate of drug-likeness (QED) is 0.282. The van der Waals surface area contributed by atoms with Crippen LogP contribution in [0.2, 0.25) is 0 Å². The van der Waals surface area contributed by atoms with Crippen molar-refractivity contribution in [1.29, 1.82) is 5.41 Å². The van der Waals surface area contributed by atoms with Crippen LogP contribution in [-0.2, 0) is 9.53 Å². The Hall–Kier alpha value is -0.970. The SMILES string of the molecule is COC(=O)CNC(=N)N.Cl. The first-order valence-corrected chi connectivity index (χ1v) is 2.31. The molecule has 0 saturated heterocycles. The van der Waals surface area contributed by atoms with Crippen molar-refractivity contribution in [3.8, 4) is 0 Å². The van der Waals surface area contributed by atoms with Gasteiger partial charge in [-0.25, -0.2) is 0 Å². The summed E-state index contributed by atoms with van der Waals surface area (Å²) in [7, 11) is 1.27. The molecule has 0 radical (unpaired) electrons. The Labute approximate surface area is 64.8 Å². The first-order valence-electron chi connectivity index (χ1n) is 2.31. The molecule has 6 heteroatoms. The van der Waals surface area contributed by atoms with Crippen molar-refractivity contribution in [3.05, 3.63) is 0 Å². The van der Waals surface area contributed by atoms with Crippen LogP contribution in [-0.4, -0.2) is 25.6 Å². The lowest BCUT2D eigenvalue weighted by molar-refractivity contribution is -0.139. The Morgan fingerprint density at radius 2 is 2.30 bits per heavy atom. The number of esters is 1. The first kappa shape index (κ1) is 11.8. The van der Waals surface area contributed by atoms with Crippen LogP contribution < -0.4 is 11.1 Å². The molecule has 4 N–H and O–H groups in total. The third kappa shape index (κ3) is 7.03. The van der Waals surface area contributed by atoms with Crippen molar-refractivity contribution >= 4 is 24.3 Å². The lowest BCUT2D eigenvalue weighted by atomic mass is 10.6. The summed E-state index contributed by atoms with van der Waals surface area (Å²) in [5.74, 6) is -0.675. The molecule has 0 heterocycles. The molecule has 0 amide bonds. The highest BCUT2D eigenvalue weighted by Crippen LogP contribution is 1.66. The van der Waals surface area contributed by atoms with Gasteiger partial charge in [0, 0.05) is 0 Å². The minimum atomic E-state index is -0.440. The van der Waals surface area contributed by atoms with Crippen LogP contribution in [0.5, 0.6) is 0 Å². The van der Waals surface area contributed by atoms with Gasteiger partial charge in [0.25, 0.3) is 0 Å². The summed E-state index contributed by atoms with van der Waals surface area (Å²) in [6.07, 6.45) is 0. The molecule has 0 aromatic carbocycles. The van der Waals surface area contributed by atoms with E-state index in [9.17, 15) is 4.79 Å². The zero-order valence-corrected chi connectivity index (χ0v) is 6.33. The molecule has 0 fully saturated rings. The number of hydrogen-bond acceptors (Lipinski definition) is 3. The highest BCUT2D eigenvalue weighted by molar-refractivity contribution is 5.85. The van der Waals surface area contributed by atoms with Crippen LogP contribution in [0, 0.1) is 5.41 Å². The highest BCUT2D eigenvalue weighted by Gasteiger charge is 1.96. The lowest BCUT2D eigenvalue weighted by Crippen LogP contribution is -2.34. The van der Waals surface area contributed by atoms with Crippen LogP contribution in [0.15, 0.2) is 0 Å². The van der Waals surface area contributed by atoms with Gasteiger partial charge in [0.05, 0.1) is 7.11 Å². The summed E-state index contributed by atoms with van der Waals surface area (Å²) >= 11 is 0. The molecule has 10 heavy (non-hydrogen) atoms. The summed E-state index contributed by atoms with van der Waals surface area (Å²) in [4.78, 5) is 10.3. The summed E-state index contributed by atoms with van der Waals surface area (Å²) < 4.78 is 4.25. The Kier molecular flexibility index (Phi) is 7.25. The molecule has 0 rings (SSSR count). The number of nitrogens with two attached hydrogens (primary N) is 1. The molecule has 60 valence electrons. The van der Waals surface area contributed by atoms with Gasteiger partial charge >= 0.3 is 5.97 Å². The van der Waals surface area contributed by atoms with Gasteiger partial charge in [0.2, 0.25) is 0 Å². The van der Waals surface area contributed by atoms with E-state index >= 15 is 0 Å². The molecule has 0 aliphatic heterocycles. The lowest BCUT2D eigenvalue weighted by Gasteiger charge is -1.99. The van der Waals surface area contributed by atoms with E-state index in [0.29, 0.717) is 0 Å². The Bertz CT molecular complexity index is 128. The van der Waals surface area contributed by atoms with Crippen LogP contribution in [0.4, 0.5) is 0 Å². The number of rotatable bonds is 2. The number of guanidine groups is 1. The number of carbonyl (C=O) groups excluding carboxylic acids is 1. The monoisotopic (exact) mass is 167 g/mol. The number of hydrogen-bond donors (Lipinski definition) is 3. The second kappa shape index (κ2) is 6.15. The standard InChI is InChI=1S/C4H9N3O2.ClH/c1-9-3(8)2-7-4(5)6;/h2H2,1H3,(H4,5,6,7);1H. The molecule has 0 aliphatic rings. The van der Waals surface area contributed by atoms with Gasteiger partial charge in [-0.2, -0.15) is 0 Å². The van der Waals surface area contributed by atoms with Gasteiger partial charge in [-0.3, -0.25) is 10.2 Å². The number of ether oxygens (including phenoxy) is 1. The zero-order valence-electron chi connectivity index (χ0n) is 5.51. The van der Waals surface area contributed by atoms with E-state index in [-0.39, 0.29) is 24.9 Å². The third-order valence-corrected chi connectivity index (χ3v) is 0.651. The molecule has 0 saturated carbocycles. The van der Waals surface area contributed by atoms with Gasteiger partial charge in [0.1, 0.15) is 6.54 Å². The molecular formula is C4H10ClN3O2. The Morgan fingerprint density at radius 3 is 2.60 bits per heavy atom. The molecule has 0 aromatic heterocycles. The number of methoxy groups -OCH3 is 1. The number of halogens is 1. The van der Waals surface area contributed by atoms with Gasteiger partial charge in [-0.15, -0.1) is 12.4 Å². The van der Waals surface area contributed by atoms with Crippen molar-refractivity contribution in [2.24, 2.45) is 5.73 Å². The number of nitrogens with one attached hydrogen (secondary N) is 2. The molecule has 0 aliphatic carbocycles. The molecule has 5 nitrogen and oxygen atoms in total. The summed E-state index contributed by atoms with van der Waals surface area (Å²) in [6.45, 7) is -0.0498. The maximum Gasteiger partial charge on any atom is 0.325 e. The third-order valence-electron chi connectivity index (χ3n) is 0.651. The Morgan fingerprint density at radius 1 is 1.80 bits per heavy atom. The van der Waals surface area contributed by atoms with Crippen molar-refractivity contribution in [1.82, 2.24) is 5.32 Å². The fourth-order valence-electron chi connectivity index (χ4n) is 0.240. The summed E-state index contributed by atoms with van der Waals surface area (Å²) in [6, 6.07) is 0. The smallest absolute Gasteiger partial charge is 0.325 e. The Balaban J connectivity index is 0. The fraction of sp³-hybridized carbons (Fsp3) is 0.500. The maximum absolute atomic E-state index is 10.3. The van der Waals surface area contributed by atoms with E-state index in [1.54, 1.807) is 0 Å². The average Bonchev–Trinajstić information content (AvgIpc) is 1.83. The molecule has 0 unspecified atom stereocenters. The second-order valence-corrected chi connectivity index (χ2v) is 1.34. The first-order chi connectivity index (χ1) is 4.16. The van der Waals surface area contributed by atoms with Gasteiger partial charge in [-0.05, 0) is 0 Å². The van der Waals surface area contributed by atoms with E-state index in [1.807, 2.05) is 0 Å². The van der Waals surface area contributed by atoms with E-state index < -0.39 is 5.97 Å². The van der Waals surface area contributed by atoms with Crippen LogP contribution in [0.1, 0.15) is 0 Å². The van der Waals surface area contributed by atoms with Gasteiger partial charge in [-0.1, -0.05) is 0 Å². The van der Waals surface area contributed by atoms with Crippen molar-refractivity contribution in [2.45, 2.75) is 0 Å². The normalized spacial score (nSPS) is 7.30.